The molecule has 1 heterocycles. The summed E-state index contributed by atoms with van der Waals surface area (Å²) in [5, 5.41) is 3.91. The lowest BCUT2D eigenvalue weighted by atomic mass is 10.0. The maximum atomic E-state index is 13.1. The molecule has 1 N–H and O–H groups in total. The number of hydrogen-bond donors (Lipinski definition) is 1. The van der Waals surface area contributed by atoms with Crippen LogP contribution in [0, 0.1) is 5.82 Å². The van der Waals surface area contributed by atoms with Crippen molar-refractivity contribution < 1.29 is 4.39 Å². The van der Waals surface area contributed by atoms with Crippen LogP contribution in [0.15, 0.2) is 36.5 Å². The largest absolute Gasteiger partial charge is 0.311 e. The van der Waals surface area contributed by atoms with Crippen molar-refractivity contribution in [2.24, 2.45) is 0 Å². The number of hydrogen-bond acceptors (Lipinski definition) is 2. The summed E-state index contributed by atoms with van der Waals surface area (Å²) in [5.41, 5.74) is 1.83. The number of aromatic nitrogens is 1. The quantitative estimate of drug-likeness (QED) is 0.922. The first-order valence-corrected chi connectivity index (χ1v) is 6.58. The molecule has 0 saturated heterocycles. The Labute approximate surface area is 121 Å². The Morgan fingerprint density at radius 2 is 2.05 bits per heavy atom. The van der Waals surface area contributed by atoms with Crippen LogP contribution in [0.3, 0.4) is 0 Å². The smallest absolute Gasteiger partial charge is 0.141 e. The van der Waals surface area contributed by atoms with Crippen molar-refractivity contribution in [1.82, 2.24) is 10.3 Å². The molecule has 0 aliphatic heterocycles. The van der Waals surface area contributed by atoms with Crippen LogP contribution in [0.5, 0.6) is 0 Å². The van der Waals surface area contributed by atoms with Gasteiger partial charge in [-0.2, -0.15) is 0 Å². The highest BCUT2D eigenvalue weighted by atomic mass is 35.5. The third kappa shape index (κ3) is 3.66. The van der Waals surface area contributed by atoms with Crippen LogP contribution in [-0.4, -0.2) is 12.0 Å². The third-order valence-corrected chi connectivity index (χ3v) is 3.39. The summed E-state index contributed by atoms with van der Waals surface area (Å²) >= 11 is 11.6. The van der Waals surface area contributed by atoms with Crippen LogP contribution in [-0.2, 0) is 6.42 Å². The van der Waals surface area contributed by atoms with Crippen LogP contribution in [0.2, 0.25) is 10.0 Å². The highest BCUT2D eigenvalue weighted by molar-refractivity contribution is 6.30. The van der Waals surface area contributed by atoms with Crippen molar-refractivity contribution in [1.29, 1.82) is 0 Å². The molecule has 0 spiro atoms. The highest BCUT2D eigenvalue weighted by Crippen LogP contribution is 2.21. The van der Waals surface area contributed by atoms with E-state index in [-0.39, 0.29) is 11.1 Å². The minimum absolute atomic E-state index is 0.0267. The number of nitrogens with one attached hydrogen (secondary N) is 1. The van der Waals surface area contributed by atoms with E-state index < -0.39 is 5.82 Å². The van der Waals surface area contributed by atoms with Crippen molar-refractivity contribution in [2.45, 2.75) is 12.5 Å². The molecule has 2 aromatic rings. The molecular formula is C14H13Cl2FN2. The fourth-order valence-corrected chi connectivity index (χ4v) is 2.17. The Morgan fingerprint density at radius 1 is 1.26 bits per heavy atom. The van der Waals surface area contributed by atoms with Gasteiger partial charge in [0.25, 0.3) is 0 Å². The summed E-state index contributed by atoms with van der Waals surface area (Å²) in [6, 6.07) is 8.43. The van der Waals surface area contributed by atoms with Crippen LogP contribution >= 0.6 is 23.2 Å². The first kappa shape index (κ1) is 14.3. The van der Waals surface area contributed by atoms with Gasteiger partial charge in [-0.15, -0.1) is 0 Å². The van der Waals surface area contributed by atoms with E-state index in [9.17, 15) is 4.39 Å². The minimum atomic E-state index is -0.406. The second-order valence-electron chi connectivity index (χ2n) is 4.20. The maximum absolute atomic E-state index is 13.1. The van der Waals surface area contributed by atoms with Gasteiger partial charge in [-0.3, -0.25) is 4.98 Å². The molecule has 0 aliphatic carbocycles. The van der Waals surface area contributed by atoms with Crippen molar-refractivity contribution in [3.8, 4) is 0 Å². The molecule has 0 amide bonds. The average molecular weight is 299 g/mol. The van der Waals surface area contributed by atoms with E-state index in [0.29, 0.717) is 11.4 Å². The Balaban J connectivity index is 2.18. The molecule has 1 aromatic carbocycles. The molecule has 100 valence electrons. The van der Waals surface area contributed by atoms with Gasteiger partial charge in [0, 0.05) is 6.20 Å². The molecule has 0 radical (unpaired) electrons. The first-order valence-electron chi connectivity index (χ1n) is 5.83. The normalized spacial score (nSPS) is 12.4. The summed E-state index contributed by atoms with van der Waals surface area (Å²) in [4.78, 5) is 4.28. The topological polar surface area (TPSA) is 24.9 Å². The van der Waals surface area contributed by atoms with Crippen molar-refractivity contribution in [3.05, 3.63) is 63.6 Å². The van der Waals surface area contributed by atoms with Gasteiger partial charge >= 0.3 is 0 Å². The van der Waals surface area contributed by atoms with Crippen LogP contribution in [0.25, 0.3) is 0 Å². The van der Waals surface area contributed by atoms with Gasteiger partial charge < -0.3 is 5.32 Å². The third-order valence-electron chi connectivity index (χ3n) is 2.88. The van der Waals surface area contributed by atoms with Crippen molar-refractivity contribution in [2.75, 3.05) is 7.05 Å². The van der Waals surface area contributed by atoms with E-state index in [0.717, 1.165) is 11.3 Å². The second-order valence-corrected chi connectivity index (χ2v) is 5.04. The molecule has 0 aliphatic rings. The lowest BCUT2D eigenvalue weighted by Crippen LogP contribution is -2.20. The number of rotatable bonds is 4. The summed E-state index contributed by atoms with van der Waals surface area (Å²) in [7, 11) is 1.85. The zero-order chi connectivity index (χ0) is 13.8. The van der Waals surface area contributed by atoms with Crippen LogP contribution in [0.1, 0.15) is 17.3 Å². The van der Waals surface area contributed by atoms with Crippen molar-refractivity contribution >= 4 is 23.2 Å². The minimum Gasteiger partial charge on any atom is -0.311 e. The standard InChI is InChI=1S/C14H13Cl2FN2/c1-18-14(13-5-3-10(15)8-19-13)7-9-2-4-12(17)11(16)6-9/h2-6,8,14,18H,7H2,1H3. The van der Waals surface area contributed by atoms with E-state index in [4.69, 9.17) is 23.2 Å². The number of likely N-dealkylation sites (N-methyl/N-ethyl adjacent to an activating group) is 1. The number of nitrogens with zero attached hydrogens (tertiary/aromatic N) is 1. The molecule has 2 rings (SSSR count). The molecule has 0 bridgehead atoms. The van der Waals surface area contributed by atoms with E-state index in [1.54, 1.807) is 24.4 Å². The summed E-state index contributed by atoms with van der Waals surface area (Å²) in [5.74, 6) is -0.406. The number of benzene rings is 1. The molecular weight excluding hydrogens is 286 g/mol. The fraction of sp³-hybridized carbons (Fsp3) is 0.214. The van der Waals surface area contributed by atoms with Gasteiger partial charge in [0.05, 0.1) is 21.8 Å². The molecule has 0 fully saturated rings. The monoisotopic (exact) mass is 298 g/mol. The lowest BCUT2D eigenvalue weighted by Gasteiger charge is -2.16. The van der Waals surface area contributed by atoms with Gasteiger partial charge in [0.1, 0.15) is 5.82 Å². The molecule has 1 aromatic heterocycles. The zero-order valence-corrected chi connectivity index (χ0v) is 11.8. The highest BCUT2D eigenvalue weighted by Gasteiger charge is 2.12. The van der Waals surface area contributed by atoms with Crippen LogP contribution in [0.4, 0.5) is 4.39 Å². The van der Waals surface area contributed by atoms with E-state index in [1.165, 1.54) is 6.07 Å². The summed E-state index contributed by atoms with van der Waals surface area (Å²) in [6.07, 6.45) is 2.28. The average Bonchev–Trinajstić information content (AvgIpc) is 2.41. The Bertz CT molecular complexity index is 558. The number of halogens is 3. The molecule has 1 unspecified atom stereocenters. The van der Waals surface area contributed by atoms with E-state index >= 15 is 0 Å². The number of pyridine rings is 1. The molecule has 5 heteroatoms. The first-order chi connectivity index (χ1) is 9.10. The maximum Gasteiger partial charge on any atom is 0.141 e. The molecule has 1 atom stereocenters. The fourth-order valence-electron chi connectivity index (χ4n) is 1.85. The molecule has 19 heavy (non-hydrogen) atoms. The predicted octanol–water partition coefficient (Wildman–Crippen LogP) is 4.03. The zero-order valence-electron chi connectivity index (χ0n) is 10.3. The molecule has 0 saturated carbocycles. The van der Waals surface area contributed by atoms with E-state index in [1.807, 2.05) is 13.1 Å². The Kier molecular flexibility index (Phi) is 4.75. The molecule has 2 nitrogen and oxygen atoms in total. The summed E-state index contributed by atoms with van der Waals surface area (Å²) in [6.45, 7) is 0. The SMILES string of the molecule is CNC(Cc1ccc(F)c(Cl)c1)c1ccc(Cl)cn1. The van der Waals surface area contributed by atoms with Gasteiger partial charge in [-0.1, -0.05) is 29.3 Å². The van der Waals surface area contributed by atoms with Crippen molar-refractivity contribution in [3.63, 3.8) is 0 Å². The van der Waals surface area contributed by atoms with Crippen LogP contribution < -0.4 is 5.32 Å². The van der Waals surface area contributed by atoms with Gasteiger partial charge in [-0.25, -0.2) is 4.39 Å². The summed E-state index contributed by atoms with van der Waals surface area (Å²) < 4.78 is 13.1. The Hall–Kier alpha value is -1.16. The van der Waals surface area contributed by atoms with Gasteiger partial charge in [0.2, 0.25) is 0 Å². The van der Waals surface area contributed by atoms with E-state index in [2.05, 4.69) is 10.3 Å². The Morgan fingerprint density at radius 3 is 2.63 bits per heavy atom. The van der Waals surface area contributed by atoms with Gasteiger partial charge in [0.15, 0.2) is 0 Å². The van der Waals surface area contributed by atoms with Gasteiger partial charge in [-0.05, 0) is 43.3 Å². The predicted molar refractivity (Wildman–Crippen MR) is 76.2 cm³/mol. The second kappa shape index (κ2) is 6.33. The lowest BCUT2D eigenvalue weighted by molar-refractivity contribution is 0.574.